The molecule has 18 N–H and O–H groups in total. The van der Waals surface area contributed by atoms with Crippen molar-refractivity contribution in [3.8, 4) is 0 Å². The number of aliphatic hydroxyl groups excluding tert-OH is 1. The highest BCUT2D eigenvalue weighted by molar-refractivity contribution is 5.97. The number of aliphatic hydroxyl groups is 1. The van der Waals surface area contributed by atoms with Crippen molar-refractivity contribution < 1.29 is 83.4 Å². The van der Waals surface area contributed by atoms with Crippen molar-refractivity contribution in [2.75, 3.05) is 13.2 Å². The van der Waals surface area contributed by atoms with Crippen LogP contribution >= 0.6 is 0 Å². The third-order valence-corrected chi connectivity index (χ3v) is 8.47. The van der Waals surface area contributed by atoms with Gasteiger partial charge in [-0.15, -0.1) is 0 Å². The summed E-state index contributed by atoms with van der Waals surface area (Å²) in [6, 6.07) is -11.6. The number of carbonyl (C=O) groups is 11. The number of nitrogens with one attached hydrogen (secondary N) is 6. The molecule has 6 amide bonds. The Hall–Kier alpha value is -6.64. The Labute approximate surface area is 348 Å². The van der Waals surface area contributed by atoms with Crippen molar-refractivity contribution >= 4 is 71.2 Å². The van der Waals surface area contributed by atoms with Crippen LogP contribution in [0.5, 0.6) is 0 Å². The van der Waals surface area contributed by atoms with Gasteiger partial charge < -0.3 is 79.7 Å². The predicted octanol–water partition coefficient (Wildman–Crippen LogP) is -5.53. The van der Waals surface area contributed by atoms with E-state index in [1.165, 1.54) is 13.8 Å². The van der Waals surface area contributed by atoms with Gasteiger partial charge in [-0.1, -0.05) is 13.8 Å². The third-order valence-electron chi connectivity index (χ3n) is 8.47. The SMILES string of the molecule is CC(C)[C@H](NC(=O)[C@H](CCC(=O)O)NC(=O)[C@H](CCC(=O)O)NC(=O)[C@H](CCC(=O)O)NC(=O)[C@H](CO)NC(=O)[C@@H](N)CCCN=C(N)N)C(=O)N[C@@H](CCC(=O)O)C(=O)O. The molecule has 0 spiro atoms. The second-order valence-electron chi connectivity index (χ2n) is 13.8. The summed E-state index contributed by atoms with van der Waals surface area (Å²) in [7, 11) is 0. The maximum absolute atomic E-state index is 13.6. The minimum absolute atomic E-state index is 0.0433. The van der Waals surface area contributed by atoms with E-state index in [9.17, 15) is 78.3 Å². The van der Waals surface area contributed by atoms with Gasteiger partial charge in [-0.2, -0.15) is 0 Å². The van der Waals surface area contributed by atoms with E-state index in [0.717, 1.165) is 0 Å². The van der Waals surface area contributed by atoms with E-state index in [-0.39, 0.29) is 25.3 Å². The lowest BCUT2D eigenvalue weighted by Gasteiger charge is -2.28. The first kappa shape index (κ1) is 54.4. The molecule has 0 bridgehead atoms. The smallest absolute Gasteiger partial charge is 0.326 e. The second kappa shape index (κ2) is 27.9. The first-order valence-electron chi connectivity index (χ1n) is 18.7. The topological polar surface area (TPSA) is 472 Å². The summed E-state index contributed by atoms with van der Waals surface area (Å²) >= 11 is 0. The highest BCUT2D eigenvalue weighted by Crippen LogP contribution is 2.10. The van der Waals surface area contributed by atoms with Gasteiger partial charge in [0.15, 0.2) is 5.96 Å². The Morgan fingerprint density at radius 1 is 0.492 bits per heavy atom. The van der Waals surface area contributed by atoms with Crippen LogP contribution in [0.3, 0.4) is 0 Å². The number of nitrogens with zero attached hydrogens (tertiary/aromatic N) is 1. The number of amides is 6. The number of carbonyl (C=O) groups excluding carboxylic acids is 6. The fourth-order valence-corrected chi connectivity index (χ4v) is 5.13. The van der Waals surface area contributed by atoms with Crippen LogP contribution in [-0.4, -0.2) is 157 Å². The molecule has 0 aliphatic carbocycles. The van der Waals surface area contributed by atoms with Crippen molar-refractivity contribution in [3.63, 3.8) is 0 Å². The number of hydrogen-bond acceptors (Lipinski definition) is 14. The first-order chi connectivity index (χ1) is 28.4. The van der Waals surface area contributed by atoms with E-state index >= 15 is 0 Å². The van der Waals surface area contributed by atoms with Gasteiger partial charge in [0.25, 0.3) is 0 Å². The molecule has 0 unspecified atom stereocenters. The van der Waals surface area contributed by atoms with Crippen molar-refractivity contribution in [2.24, 2.45) is 28.1 Å². The lowest BCUT2D eigenvalue weighted by Crippen LogP contribution is -2.60. The summed E-state index contributed by atoms with van der Waals surface area (Å²) in [5.74, 6) is -15.1. The number of rotatable bonds is 31. The summed E-state index contributed by atoms with van der Waals surface area (Å²) in [6.07, 6.45) is -5.11. The minimum Gasteiger partial charge on any atom is -0.481 e. The Morgan fingerprint density at radius 3 is 1.18 bits per heavy atom. The van der Waals surface area contributed by atoms with E-state index < -0.39 is 171 Å². The van der Waals surface area contributed by atoms with Crippen molar-refractivity contribution in [1.82, 2.24) is 31.9 Å². The van der Waals surface area contributed by atoms with Crippen molar-refractivity contribution in [2.45, 2.75) is 120 Å². The largest absolute Gasteiger partial charge is 0.481 e. The maximum atomic E-state index is 13.6. The number of aliphatic carboxylic acids is 5. The molecule has 0 fully saturated rings. The van der Waals surface area contributed by atoms with Gasteiger partial charge in [0.2, 0.25) is 35.4 Å². The van der Waals surface area contributed by atoms with Crippen LogP contribution in [0.1, 0.15) is 78.1 Å². The highest BCUT2D eigenvalue weighted by atomic mass is 16.4. The molecule has 0 aliphatic rings. The monoisotopic (exact) mass is 876 g/mol. The summed E-state index contributed by atoms with van der Waals surface area (Å²) in [4.78, 5) is 140. The fourth-order valence-electron chi connectivity index (χ4n) is 5.13. The number of aliphatic imine (C=N–C) groups is 1. The van der Waals surface area contributed by atoms with E-state index in [0.29, 0.717) is 0 Å². The molecular weight excluding hydrogens is 820 g/mol. The van der Waals surface area contributed by atoms with Crippen LogP contribution in [0.15, 0.2) is 4.99 Å². The Morgan fingerprint density at radius 2 is 0.836 bits per heavy atom. The predicted molar refractivity (Wildman–Crippen MR) is 207 cm³/mol. The zero-order valence-electron chi connectivity index (χ0n) is 33.5. The standard InChI is InChI=1S/C34H56N10O17/c1-15(2)26(32(59)42-20(33(60)61)8-12-25(52)53)44-30(57)19(7-11-24(50)51)40-28(55)17(5-9-22(46)47)39-29(56)18(6-10-23(48)49)41-31(58)21(14-45)43-27(54)16(35)4-3-13-38-34(36)37/h15-21,26,45H,3-14,35H2,1-2H3,(H,39,56)(H,40,55)(H,41,58)(H,42,59)(H,43,54)(H,44,57)(H,46,47)(H,48,49)(H,50,51)(H,52,53)(H,60,61)(H4,36,37,38)/t16-,17-,18-,19-,20-,21-,26-/m0/s1. The molecule has 0 saturated heterocycles. The van der Waals surface area contributed by atoms with Gasteiger partial charge in [0.1, 0.15) is 36.3 Å². The van der Waals surface area contributed by atoms with Crippen molar-refractivity contribution in [1.29, 1.82) is 0 Å². The Bertz CT molecular complexity index is 1620. The second-order valence-corrected chi connectivity index (χ2v) is 13.8. The minimum atomic E-state index is -1.85. The summed E-state index contributed by atoms with van der Waals surface area (Å²) < 4.78 is 0. The summed E-state index contributed by atoms with van der Waals surface area (Å²) in [5.41, 5.74) is 16.3. The van der Waals surface area contributed by atoms with Crippen molar-refractivity contribution in [3.05, 3.63) is 0 Å². The van der Waals surface area contributed by atoms with E-state index in [1.54, 1.807) is 0 Å². The fraction of sp³-hybridized carbons (Fsp3) is 0.647. The molecular formula is C34H56N10O17. The van der Waals surface area contributed by atoms with Gasteiger partial charge in [-0.3, -0.25) is 52.9 Å². The molecule has 0 aromatic rings. The van der Waals surface area contributed by atoms with Crippen LogP contribution in [0.25, 0.3) is 0 Å². The molecule has 0 aromatic carbocycles. The number of guanidine groups is 1. The quantitative estimate of drug-likeness (QED) is 0.0175. The van der Waals surface area contributed by atoms with E-state index in [1.807, 2.05) is 0 Å². The molecule has 0 aromatic heterocycles. The third kappa shape index (κ3) is 22.9. The normalized spacial score (nSPS) is 14.2. The number of nitrogens with two attached hydrogens (primary N) is 3. The van der Waals surface area contributed by atoms with Gasteiger partial charge >= 0.3 is 29.8 Å². The molecule has 27 heteroatoms. The van der Waals surface area contributed by atoms with Crippen LogP contribution in [0.2, 0.25) is 0 Å². The number of carboxylic acids is 5. The zero-order valence-corrected chi connectivity index (χ0v) is 33.5. The van der Waals surface area contributed by atoms with Crippen LogP contribution in [0, 0.1) is 5.92 Å². The molecule has 344 valence electrons. The maximum Gasteiger partial charge on any atom is 0.326 e. The lowest BCUT2D eigenvalue weighted by atomic mass is 10.0. The van der Waals surface area contributed by atoms with E-state index in [2.05, 4.69) is 36.9 Å². The Balaban J connectivity index is 6.35. The zero-order chi connectivity index (χ0) is 47.0. The first-order valence-corrected chi connectivity index (χ1v) is 18.7. The highest BCUT2D eigenvalue weighted by Gasteiger charge is 2.35. The number of hydrogen-bond donors (Lipinski definition) is 15. The molecule has 0 radical (unpaired) electrons. The molecule has 7 atom stereocenters. The summed E-state index contributed by atoms with van der Waals surface area (Å²) in [5, 5.41) is 69.2. The van der Waals surface area contributed by atoms with Gasteiger partial charge in [-0.25, -0.2) is 4.79 Å². The average molecular weight is 877 g/mol. The molecule has 0 aliphatic heterocycles. The summed E-state index contributed by atoms with van der Waals surface area (Å²) in [6.45, 7) is 1.97. The van der Waals surface area contributed by atoms with Gasteiger partial charge in [-0.05, 0) is 44.4 Å². The van der Waals surface area contributed by atoms with Crippen LogP contribution in [-0.2, 0) is 52.7 Å². The average Bonchev–Trinajstić information content (AvgIpc) is 3.16. The van der Waals surface area contributed by atoms with Gasteiger partial charge in [0.05, 0.1) is 12.6 Å². The van der Waals surface area contributed by atoms with E-state index in [4.69, 9.17) is 22.3 Å². The molecule has 27 nitrogen and oxygen atoms in total. The van der Waals surface area contributed by atoms with Gasteiger partial charge in [0, 0.05) is 32.2 Å². The molecule has 0 rings (SSSR count). The number of carboxylic acid groups (broad SMARTS) is 5. The molecule has 0 saturated carbocycles. The van der Waals surface area contributed by atoms with Crippen LogP contribution < -0.4 is 49.1 Å². The molecule has 0 heterocycles. The lowest BCUT2D eigenvalue weighted by molar-refractivity contribution is -0.144. The van der Waals surface area contributed by atoms with Crippen LogP contribution in [0.4, 0.5) is 0 Å². The molecule has 61 heavy (non-hydrogen) atoms. The Kier molecular flexibility index (Phi) is 24.9.